The fourth-order valence-electron chi connectivity index (χ4n) is 1.70. The van der Waals surface area contributed by atoms with Crippen LogP contribution in [0.15, 0.2) is 12.1 Å². The maximum Gasteiger partial charge on any atom is 0.251 e. The van der Waals surface area contributed by atoms with Crippen LogP contribution >= 0.6 is 0 Å². The van der Waals surface area contributed by atoms with Crippen molar-refractivity contribution in [3.63, 3.8) is 0 Å². The minimum absolute atomic E-state index is 0.105. The number of carbonyl (C=O) groups excluding carboxylic acids is 2. The van der Waals surface area contributed by atoms with Gasteiger partial charge in [-0.1, -0.05) is 0 Å². The first-order valence-corrected chi connectivity index (χ1v) is 5.73. The van der Waals surface area contributed by atoms with Gasteiger partial charge in [-0.25, -0.2) is 8.78 Å². The molecule has 0 saturated heterocycles. The van der Waals surface area contributed by atoms with Gasteiger partial charge in [0.15, 0.2) is 11.6 Å². The molecular formula is C12H16F2N4O2. The lowest BCUT2D eigenvalue weighted by Crippen LogP contribution is -2.46. The molecule has 0 aromatic heterocycles. The predicted octanol–water partition coefficient (Wildman–Crippen LogP) is 0.634. The molecule has 0 aliphatic carbocycles. The van der Waals surface area contributed by atoms with Gasteiger partial charge in [-0.05, 0) is 26.0 Å². The quantitative estimate of drug-likeness (QED) is 0.470. The molecule has 0 aliphatic heterocycles. The average Bonchev–Trinajstić information content (AvgIpc) is 2.25. The molecule has 1 rings (SSSR count). The molecule has 0 saturated carbocycles. The third-order valence-corrected chi connectivity index (χ3v) is 2.52. The van der Waals surface area contributed by atoms with Gasteiger partial charge < -0.3 is 16.5 Å². The lowest BCUT2D eigenvalue weighted by molar-refractivity contribution is -0.119. The Bertz CT molecular complexity index is 523. The Kier molecular flexibility index (Phi) is 4.61. The van der Waals surface area contributed by atoms with Crippen LogP contribution in [-0.2, 0) is 4.79 Å². The molecule has 0 aliphatic rings. The maximum atomic E-state index is 13.5. The van der Waals surface area contributed by atoms with E-state index in [1.54, 1.807) is 13.8 Å². The summed E-state index contributed by atoms with van der Waals surface area (Å²) in [7, 11) is 0. The summed E-state index contributed by atoms with van der Waals surface area (Å²) in [5.74, 6) is 1.64. The minimum Gasteiger partial charge on any atom is -0.370 e. The van der Waals surface area contributed by atoms with Gasteiger partial charge in [-0.15, -0.1) is 0 Å². The average molecular weight is 286 g/mol. The molecule has 0 atom stereocenters. The molecule has 6 N–H and O–H groups in total. The number of nitrogens with one attached hydrogen (secondary N) is 2. The first kappa shape index (κ1) is 15.8. The topological polar surface area (TPSA) is 110 Å². The first-order valence-electron chi connectivity index (χ1n) is 5.73. The third-order valence-electron chi connectivity index (χ3n) is 2.52. The van der Waals surface area contributed by atoms with E-state index in [0.29, 0.717) is 0 Å². The highest BCUT2D eigenvalue weighted by Crippen LogP contribution is 2.20. The number of nitrogen functional groups attached to an aromatic ring is 1. The molecule has 2 amide bonds. The van der Waals surface area contributed by atoms with E-state index in [-0.39, 0.29) is 12.0 Å². The van der Waals surface area contributed by atoms with E-state index in [9.17, 15) is 18.4 Å². The van der Waals surface area contributed by atoms with Gasteiger partial charge in [0.25, 0.3) is 5.91 Å². The molecule has 6 nitrogen and oxygen atoms in total. The van der Waals surface area contributed by atoms with Crippen LogP contribution in [0.5, 0.6) is 0 Å². The molecule has 0 radical (unpaired) electrons. The van der Waals surface area contributed by atoms with Crippen LogP contribution in [0, 0.1) is 11.6 Å². The number of halogens is 2. The lowest BCUT2D eigenvalue weighted by Gasteiger charge is -2.24. The van der Waals surface area contributed by atoms with Crippen LogP contribution in [-0.4, -0.2) is 17.4 Å². The fraction of sp³-hybridized carbons (Fsp3) is 0.333. The van der Waals surface area contributed by atoms with Crippen molar-refractivity contribution in [3.8, 4) is 0 Å². The zero-order valence-corrected chi connectivity index (χ0v) is 11.1. The molecule has 0 spiro atoms. The number of benzene rings is 1. The second-order valence-corrected chi connectivity index (χ2v) is 4.94. The fourth-order valence-corrected chi connectivity index (χ4v) is 1.70. The van der Waals surface area contributed by atoms with Crippen LogP contribution in [0.1, 0.15) is 30.6 Å². The van der Waals surface area contributed by atoms with Crippen molar-refractivity contribution in [1.82, 2.24) is 5.32 Å². The second kappa shape index (κ2) is 5.83. The third kappa shape index (κ3) is 3.89. The zero-order chi connectivity index (χ0) is 15.5. The van der Waals surface area contributed by atoms with Crippen LogP contribution in [0.2, 0.25) is 0 Å². The molecule has 1 aromatic rings. The number of hydrogen-bond donors (Lipinski definition) is 4. The second-order valence-electron chi connectivity index (χ2n) is 4.94. The van der Waals surface area contributed by atoms with Crippen LogP contribution in [0.25, 0.3) is 0 Å². The van der Waals surface area contributed by atoms with Crippen molar-refractivity contribution in [2.24, 2.45) is 11.6 Å². The molecule has 0 unspecified atom stereocenters. The number of hydrogen-bond acceptors (Lipinski definition) is 4. The van der Waals surface area contributed by atoms with E-state index in [2.05, 4.69) is 5.32 Å². The van der Waals surface area contributed by atoms with E-state index < -0.39 is 34.7 Å². The number of hydrazine groups is 1. The first-order chi connectivity index (χ1) is 9.16. The smallest absolute Gasteiger partial charge is 0.251 e. The lowest BCUT2D eigenvalue weighted by atomic mass is 9.99. The van der Waals surface area contributed by atoms with E-state index in [1.165, 1.54) is 0 Å². The Morgan fingerprint density at radius 2 is 1.75 bits per heavy atom. The normalized spacial score (nSPS) is 11.1. The van der Waals surface area contributed by atoms with E-state index >= 15 is 0 Å². The van der Waals surface area contributed by atoms with Gasteiger partial charge in [0.2, 0.25) is 5.91 Å². The van der Waals surface area contributed by atoms with Crippen molar-refractivity contribution in [2.45, 2.75) is 25.8 Å². The number of carbonyl (C=O) groups is 2. The molecule has 0 fully saturated rings. The van der Waals surface area contributed by atoms with E-state index in [4.69, 9.17) is 11.6 Å². The van der Waals surface area contributed by atoms with Crippen molar-refractivity contribution in [1.29, 1.82) is 0 Å². The summed E-state index contributed by atoms with van der Waals surface area (Å²) in [5.41, 5.74) is 5.22. The van der Waals surface area contributed by atoms with Crippen molar-refractivity contribution in [2.75, 3.05) is 5.43 Å². The SMILES string of the molecule is CC(C)(CC(N)=O)NC(=O)c1cc(F)c(NN)c(F)c1. The van der Waals surface area contributed by atoms with Gasteiger partial charge in [0.1, 0.15) is 5.69 Å². The van der Waals surface area contributed by atoms with Crippen LogP contribution in [0.3, 0.4) is 0 Å². The standard InChI is InChI=1S/C12H16F2N4O2/c1-12(2,5-9(15)19)17-11(20)6-3-7(13)10(18-16)8(14)4-6/h3-4,18H,5,16H2,1-2H3,(H2,15,19)(H,17,20). The van der Waals surface area contributed by atoms with Gasteiger partial charge in [-0.3, -0.25) is 15.4 Å². The minimum atomic E-state index is -0.995. The highest BCUT2D eigenvalue weighted by atomic mass is 19.1. The highest BCUT2D eigenvalue weighted by Gasteiger charge is 2.24. The Hall–Kier alpha value is -2.22. The number of rotatable bonds is 5. The number of anilines is 1. The van der Waals surface area contributed by atoms with E-state index in [0.717, 1.165) is 12.1 Å². The molecule has 8 heteroatoms. The number of nitrogens with two attached hydrogens (primary N) is 2. The summed E-state index contributed by atoms with van der Waals surface area (Å²) in [5, 5.41) is 2.47. The van der Waals surface area contributed by atoms with Gasteiger partial charge in [0, 0.05) is 17.5 Å². The van der Waals surface area contributed by atoms with Gasteiger partial charge in [-0.2, -0.15) is 0 Å². The Morgan fingerprint density at radius 3 is 2.15 bits per heavy atom. The van der Waals surface area contributed by atoms with Gasteiger partial charge >= 0.3 is 0 Å². The van der Waals surface area contributed by atoms with E-state index in [1.807, 2.05) is 5.43 Å². The van der Waals surface area contributed by atoms with Crippen molar-refractivity contribution in [3.05, 3.63) is 29.3 Å². The largest absolute Gasteiger partial charge is 0.370 e. The summed E-state index contributed by atoms with van der Waals surface area (Å²) in [6, 6.07) is 1.68. The molecule has 0 bridgehead atoms. The maximum absolute atomic E-state index is 13.5. The van der Waals surface area contributed by atoms with Gasteiger partial charge in [0.05, 0.1) is 0 Å². The summed E-state index contributed by atoms with van der Waals surface area (Å²) < 4.78 is 27.0. The number of amides is 2. The molecule has 0 heterocycles. The summed E-state index contributed by atoms with van der Waals surface area (Å²) >= 11 is 0. The van der Waals surface area contributed by atoms with Crippen molar-refractivity contribution < 1.29 is 18.4 Å². The predicted molar refractivity (Wildman–Crippen MR) is 69.5 cm³/mol. The molecular weight excluding hydrogens is 270 g/mol. The van der Waals surface area contributed by atoms with Crippen molar-refractivity contribution >= 4 is 17.5 Å². The Morgan fingerprint density at radius 1 is 1.25 bits per heavy atom. The molecule has 20 heavy (non-hydrogen) atoms. The molecule has 110 valence electrons. The van der Waals surface area contributed by atoms with Crippen LogP contribution in [0.4, 0.5) is 14.5 Å². The highest BCUT2D eigenvalue weighted by molar-refractivity contribution is 5.95. The Labute approximate surface area is 114 Å². The zero-order valence-electron chi connectivity index (χ0n) is 11.1. The van der Waals surface area contributed by atoms with Crippen LogP contribution < -0.4 is 22.3 Å². The summed E-state index contributed by atoms with van der Waals surface area (Å²) in [6.07, 6.45) is -0.105. The summed E-state index contributed by atoms with van der Waals surface area (Å²) in [6.45, 7) is 3.14. The monoisotopic (exact) mass is 286 g/mol. The molecule has 1 aromatic carbocycles. The summed E-state index contributed by atoms with van der Waals surface area (Å²) in [4.78, 5) is 22.8. The Balaban J connectivity index is 2.96. The number of primary amides is 1.